The van der Waals surface area contributed by atoms with E-state index >= 15 is 0 Å². The van der Waals surface area contributed by atoms with E-state index in [1.54, 1.807) is 4.90 Å². The Balaban J connectivity index is 2.03. The number of carbonyl (C=O) groups is 3. The van der Waals surface area contributed by atoms with Gasteiger partial charge < -0.3 is 15.4 Å². The molecule has 1 fully saturated rings. The zero-order valence-corrected chi connectivity index (χ0v) is 14.5. The van der Waals surface area contributed by atoms with Gasteiger partial charge in [-0.25, -0.2) is 0 Å². The minimum absolute atomic E-state index is 0.110. The molecular weight excluding hydrogens is 322 g/mol. The van der Waals surface area contributed by atoms with Gasteiger partial charge in [-0.15, -0.1) is 0 Å². The van der Waals surface area contributed by atoms with Crippen LogP contribution in [-0.2, 0) is 25.7 Å². The van der Waals surface area contributed by atoms with E-state index in [4.69, 9.17) is 10.5 Å². The fourth-order valence-corrected chi connectivity index (χ4v) is 3.03. The van der Waals surface area contributed by atoms with Gasteiger partial charge in [0.1, 0.15) is 6.04 Å². The number of nitrogens with zero attached hydrogens (tertiary/aromatic N) is 2. The van der Waals surface area contributed by atoms with Crippen LogP contribution < -0.4 is 5.73 Å². The number of methoxy groups -OCH3 is 1. The normalized spacial score (nSPS) is 17.2. The van der Waals surface area contributed by atoms with Crippen molar-refractivity contribution in [2.75, 3.05) is 26.7 Å². The van der Waals surface area contributed by atoms with Gasteiger partial charge in [-0.2, -0.15) is 0 Å². The summed E-state index contributed by atoms with van der Waals surface area (Å²) < 4.78 is 4.81. The molecule has 0 bridgehead atoms. The van der Waals surface area contributed by atoms with Gasteiger partial charge >= 0.3 is 5.97 Å². The first-order valence-electron chi connectivity index (χ1n) is 8.43. The van der Waals surface area contributed by atoms with Gasteiger partial charge in [0.2, 0.25) is 11.8 Å². The molecule has 0 radical (unpaired) electrons. The third kappa shape index (κ3) is 5.56. The molecule has 7 heteroatoms. The number of carbonyl (C=O) groups excluding carboxylic acids is 3. The Hall–Kier alpha value is -2.41. The van der Waals surface area contributed by atoms with Crippen LogP contribution in [0.1, 0.15) is 24.8 Å². The van der Waals surface area contributed by atoms with Crippen molar-refractivity contribution in [2.24, 2.45) is 5.73 Å². The number of nitrogens with two attached hydrogens (primary N) is 1. The van der Waals surface area contributed by atoms with Crippen molar-refractivity contribution in [3.05, 3.63) is 35.9 Å². The van der Waals surface area contributed by atoms with Gasteiger partial charge in [0.15, 0.2) is 0 Å². The Morgan fingerprint density at radius 1 is 1.28 bits per heavy atom. The van der Waals surface area contributed by atoms with Crippen molar-refractivity contribution < 1.29 is 19.1 Å². The molecule has 25 heavy (non-hydrogen) atoms. The first-order valence-corrected chi connectivity index (χ1v) is 8.43. The minimum Gasteiger partial charge on any atom is -0.468 e. The Kier molecular flexibility index (Phi) is 6.94. The number of amides is 2. The summed E-state index contributed by atoms with van der Waals surface area (Å²) in [5.41, 5.74) is 6.21. The van der Waals surface area contributed by atoms with Gasteiger partial charge in [-0.05, 0) is 24.9 Å². The summed E-state index contributed by atoms with van der Waals surface area (Å²) in [6.45, 7) is 1.48. The van der Waals surface area contributed by atoms with Crippen molar-refractivity contribution in [3.63, 3.8) is 0 Å². The van der Waals surface area contributed by atoms with Gasteiger partial charge in [0.25, 0.3) is 0 Å². The van der Waals surface area contributed by atoms with E-state index in [0.717, 1.165) is 12.0 Å². The first-order chi connectivity index (χ1) is 12.0. The lowest BCUT2D eigenvalue weighted by Crippen LogP contribution is -2.45. The number of hydrogen-bond acceptors (Lipinski definition) is 5. The highest BCUT2D eigenvalue weighted by atomic mass is 16.5. The summed E-state index contributed by atoms with van der Waals surface area (Å²) in [4.78, 5) is 39.2. The maximum Gasteiger partial charge on any atom is 0.323 e. The molecule has 1 atom stereocenters. The molecule has 2 rings (SSSR count). The SMILES string of the molecule is COC(=O)[C@H]1CCCN1CC(=O)N(CCC(N)=O)Cc1ccccc1. The van der Waals surface area contributed by atoms with Crippen LogP contribution in [0.5, 0.6) is 0 Å². The molecule has 2 amide bonds. The van der Waals surface area contributed by atoms with Crippen LogP contribution in [0.25, 0.3) is 0 Å². The van der Waals surface area contributed by atoms with Crippen molar-refractivity contribution in [3.8, 4) is 0 Å². The Labute approximate surface area is 147 Å². The number of benzene rings is 1. The molecule has 0 unspecified atom stereocenters. The fourth-order valence-electron chi connectivity index (χ4n) is 3.03. The third-order valence-corrected chi connectivity index (χ3v) is 4.37. The second kappa shape index (κ2) is 9.17. The van der Waals surface area contributed by atoms with Crippen LogP contribution in [0.4, 0.5) is 0 Å². The highest BCUT2D eigenvalue weighted by Gasteiger charge is 2.33. The highest BCUT2D eigenvalue weighted by molar-refractivity contribution is 5.81. The highest BCUT2D eigenvalue weighted by Crippen LogP contribution is 2.18. The second-order valence-electron chi connectivity index (χ2n) is 6.17. The molecule has 1 aromatic carbocycles. The molecule has 1 heterocycles. The number of ether oxygens (including phenoxy) is 1. The van der Waals surface area contributed by atoms with Crippen molar-refractivity contribution in [1.29, 1.82) is 0 Å². The number of esters is 1. The maximum atomic E-state index is 12.8. The van der Waals surface area contributed by atoms with Gasteiger partial charge in [0.05, 0.1) is 13.7 Å². The Bertz CT molecular complexity index is 606. The molecular formula is C18H25N3O4. The maximum absolute atomic E-state index is 12.8. The number of hydrogen-bond donors (Lipinski definition) is 1. The summed E-state index contributed by atoms with van der Waals surface area (Å²) in [6.07, 6.45) is 1.66. The molecule has 1 aliphatic rings. The van der Waals surface area contributed by atoms with Crippen LogP contribution in [0.2, 0.25) is 0 Å². The monoisotopic (exact) mass is 347 g/mol. The Morgan fingerprint density at radius 3 is 2.64 bits per heavy atom. The van der Waals surface area contributed by atoms with Crippen LogP contribution in [0.15, 0.2) is 30.3 Å². The number of rotatable bonds is 8. The Morgan fingerprint density at radius 2 is 2.00 bits per heavy atom. The summed E-state index contributed by atoms with van der Waals surface area (Å²) in [7, 11) is 1.36. The minimum atomic E-state index is -0.445. The molecule has 2 N–H and O–H groups in total. The third-order valence-electron chi connectivity index (χ3n) is 4.37. The zero-order chi connectivity index (χ0) is 18.2. The smallest absolute Gasteiger partial charge is 0.323 e. The van der Waals surface area contributed by atoms with Gasteiger partial charge in [0, 0.05) is 19.5 Å². The summed E-state index contributed by atoms with van der Waals surface area (Å²) in [5.74, 6) is -0.877. The van der Waals surface area contributed by atoms with Crippen LogP contribution in [0.3, 0.4) is 0 Å². The average molecular weight is 347 g/mol. The summed E-state index contributed by atoms with van der Waals surface area (Å²) in [5, 5.41) is 0. The molecule has 0 spiro atoms. The van der Waals surface area contributed by atoms with Crippen molar-refractivity contribution in [2.45, 2.75) is 31.8 Å². The molecule has 0 aliphatic carbocycles. The van der Waals surface area contributed by atoms with E-state index in [-0.39, 0.29) is 37.4 Å². The molecule has 0 saturated carbocycles. The lowest BCUT2D eigenvalue weighted by molar-refractivity contribution is -0.146. The van der Waals surface area contributed by atoms with Crippen molar-refractivity contribution >= 4 is 17.8 Å². The lowest BCUT2D eigenvalue weighted by Gasteiger charge is -2.27. The molecule has 1 saturated heterocycles. The fraction of sp³-hybridized carbons (Fsp3) is 0.500. The predicted octanol–water partition coefficient (Wildman–Crippen LogP) is 0.528. The predicted molar refractivity (Wildman–Crippen MR) is 92.3 cm³/mol. The van der Waals surface area contributed by atoms with E-state index in [9.17, 15) is 14.4 Å². The van der Waals surface area contributed by atoms with Crippen LogP contribution in [-0.4, -0.2) is 60.4 Å². The molecule has 0 aromatic heterocycles. The van der Waals surface area contributed by atoms with Crippen LogP contribution >= 0.6 is 0 Å². The number of primary amides is 1. The quantitative estimate of drug-likeness (QED) is 0.693. The van der Waals surface area contributed by atoms with E-state index < -0.39 is 5.91 Å². The number of likely N-dealkylation sites (tertiary alicyclic amines) is 1. The molecule has 1 aromatic rings. The van der Waals surface area contributed by atoms with E-state index in [2.05, 4.69) is 0 Å². The molecule has 1 aliphatic heterocycles. The summed E-state index contributed by atoms with van der Waals surface area (Å²) in [6, 6.07) is 9.20. The van der Waals surface area contributed by atoms with Gasteiger partial charge in [-0.1, -0.05) is 30.3 Å². The second-order valence-corrected chi connectivity index (χ2v) is 6.17. The van der Waals surface area contributed by atoms with Gasteiger partial charge in [-0.3, -0.25) is 19.3 Å². The topological polar surface area (TPSA) is 92.9 Å². The zero-order valence-electron chi connectivity index (χ0n) is 14.5. The van der Waals surface area contributed by atoms with E-state index in [0.29, 0.717) is 19.5 Å². The average Bonchev–Trinajstić information content (AvgIpc) is 3.06. The van der Waals surface area contributed by atoms with Crippen LogP contribution in [0, 0.1) is 0 Å². The lowest BCUT2D eigenvalue weighted by atomic mass is 10.2. The molecule has 136 valence electrons. The molecule has 7 nitrogen and oxygen atoms in total. The summed E-state index contributed by atoms with van der Waals surface area (Å²) >= 11 is 0. The van der Waals surface area contributed by atoms with E-state index in [1.807, 2.05) is 35.2 Å². The largest absolute Gasteiger partial charge is 0.468 e. The standard InChI is InChI=1S/C18H25N3O4/c1-25-18(24)15-8-5-10-20(15)13-17(23)21(11-9-16(19)22)12-14-6-3-2-4-7-14/h2-4,6-7,15H,5,8-13H2,1H3,(H2,19,22)/t15-/m1/s1. The van der Waals surface area contributed by atoms with Crippen molar-refractivity contribution in [1.82, 2.24) is 9.80 Å². The first kappa shape index (κ1) is 18.9. The van der Waals surface area contributed by atoms with E-state index in [1.165, 1.54) is 7.11 Å².